The highest BCUT2D eigenvalue weighted by molar-refractivity contribution is 7.99. The lowest BCUT2D eigenvalue weighted by Crippen LogP contribution is -2.32. The van der Waals surface area contributed by atoms with Crippen molar-refractivity contribution >= 4 is 29.5 Å². The number of rotatable bonds is 4. The summed E-state index contributed by atoms with van der Waals surface area (Å²) in [5.41, 5.74) is 5.84. The summed E-state index contributed by atoms with van der Waals surface area (Å²) in [6.45, 7) is 0. The van der Waals surface area contributed by atoms with Gasteiger partial charge in [0.25, 0.3) is 5.91 Å². The number of H-pyrrole nitrogens is 1. The van der Waals surface area contributed by atoms with E-state index in [9.17, 15) is 9.59 Å². The van der Waals surface area contributed by atoms with Crippen molar-refractivity contribution in [2.24, 2.45) is 7.05 Å². The van der Waals surface area contributed by atoms with E-state index < -0.39 is 11.8 Å². The van der Waals surface area contributed by atoms with Crippen LogP contribution in [0.2, 0.25) is 0 Å². The lowest BCUT2D eigenvalue weighted by Gasteiger charge is -2.02. The van der Waals surface area contributed by atoms with Crippen LogP contribution >= 0.6 is 11.8 Å². The third kappa shape index (κ3) is 3.13. The van der Waals surface area contributed by atoms with E-state index in [1.807, 2.05) is 0 Å². The van der Waals surface area contributed by atoms with Crippen molar-refractivity contribution in [3.05, 3.63) is 24.0 Å². The van der Waals surface area contributed by atoms with E-state index >= 15 is 0 Å². The number of nitrogen functional groups attached to an aromatic ring is 1. The van der Waals surface area contributed by atoms with Gasteiger partial charge in [0.1, 0.15) is 5.69 Å². The van der Waals surface area contributed by atoms with Gasteiger partial charge in [0, 0.05) is 13.2 Å². The standard InChI is InChI=1S/C10H12N6O2S/c1-16-9(11)14-15-10(16)19-5-7(17)13-8(18)6-3-2-4-12-6/h2-4,12H,5H2,1H3,(H2,11,14)(H,13,17,18). The average Bonchev–Trinajstić information content (AvgIpc) is 3.00. The van der Waals surface area contributed by atoms with Gasteiger partial charge in [-0.15, -0.1) is 10.2 Å². The fraction of sp³-hybridized carbons (Fsp3) is 0.200. The summed E-state index contributed by atoms with van der Waals surface area (Å²) < 4.78 is 1.56. The number of aromatic amines is 1. The summed E-state index contributed by atoms with van der Waals surface area (Å²) in [5, 5.41) is 10.2. The van der Waals surface area contributed by atoms with Crippen LogP contribution in [0.4, 0.5) is 5.95 Å². The van der Waals surface area contributed by atoms with Crippen LogP contribution in [0.1, 0.15) is 10.5 Å². The number of hydrogen-bond donors (Lipinski definition) is 3. The van der Waals surface area contributed by atoms with Gasteiger partial charge in [0.05, 0.1) is 5.75 Å². The quantitative estimate of drug-likeness (QED) is 0.666. The highest BCUT2D eigenvalue weighted by atomic mass is 32.2. The minimum atomic E-state index is -0.465. The third-order valence-corrected chi connectivity index (χ3v) is 3.32. The smallest absolute Gasteiger partial charge is 0.274 e. The van der Waals surface area contributed by atoms with Gasteiger partial charge in [-0.1, -0.05) is 11.8 Å². The Morgan fingerprint density at radius 3 is 2.89 bits per heavy atom. The fourth-order valence-electron chi connectivity index (χ4n) is 1.28. The Kier molecular flexibility index (Phi) is 3.85. The SMILES string of the molecule is Cn1c(N)nnc1SCC(=O)NC(=O)c1ccc[nH]1. The van der Waals surface area contributed by atoms with Crippen molar-refractivity contribution in [2.75, 3.05) is 11.5 Å². The number of imide groups is 1. The Morgan fingerprint density at radius 2 is 2.32 bits per heavy atom. The van der Waals surface area contributed by atoms with E-state index in [4.69, 9.17) is 5.73 Å². The molecular weight excluding hydrogens is 268 g/mol. The molecule has 0 aliphatic heterocycles. The molecule has 9 heteroatoms. The van der Waals surface area contributed by atoms with Gasteiger partial charge < -0.3 is 10.7 Å². The second-order valence-corrected chi connectivity index (χ2v) is 4.59. The molecular formula is C10H12N6O2S. The maximum absolute atomic E-state index is 11.6. The highest BCUT2D eigenvalue weighted by Gasteiger charge is 2.13. The van der Waals surface area contributed by atoms with Crippen LogP contribution in [-0.4, -0.2) is 37.3 Å². The number of carbonyl (C=O) groups excluding carboxylic acids is 2. The number of nitrogens with one attached hydrogen (secondary N) is 2. The molecule has 0 fully saturated rings. The number of anilines is 1. The van der Waals surface area contributed by atoms with E-state index in [1.165, 1.54) is 0 Å². The van der Waals surface area contributed by atoms with Gasteiger partial charge in [-0.2, -0.15) is 0 Å². The topological polar surface area (TPSA) is 119 Å². The van der Waals surface area contributed by atoms with Crippen molar-refractivity contribution in [3.63, 3.8) is 0 Å². The summed E-state index contributed by atoms with van der Waals surface area (Å²) in [7, 11) is 1.69. The molecule has 0 spiro atoms. The van der Waals surface area contributed by atoms with Crippen molar-refractivity contribution in [3.8, 4) is 0 Å². The minimum Gasteiger partial charge on any atom is -0.368 e. The number of thioether (sulfide) groups is 1. The molecule has 4 N–H and O–H groups in total. The number of amides is 2. The Labute approximate surface area is 112 Å². The van der Waals surface area contributed by atoms with Crippen molar-refractivity contribution < 1.29 is 9.59 Å². The van der Waals surface area contributed by atoms with Crippen molar-refractivity contribution in [1.29, 1.82) is 0 Å². The molecule has 2 aromatic heterocycles. The first-order valence-corrected chi connectivity index (χ1v) is 6.31. The molecule has 0 saturated carbocycles. The molecule has 0 unspecified atom stereocenters. The molecule has 0 aromatic carbocycles. The number of nitrogens with two attached hydrogens (primary N) is 1. The zero-order chi connectivity index (χ0) is 13.8. The summed E-state index contributed by atoms with van der Waals surface area (Å²) in [5.74, 6) is -0.553. The van der Waals surface area contributed by atoms with Crippen LogP contribution in [0.3, 0.4) is 0 Å². The summed E-state index contributed by atoms with van der Waals surface area (Å²) in [4.78, 5) is 25.9. The van der Waals surface area contributed by atoms with Crippen LogP contribution in [-0.2, 0) is 11.8 Å². The van der Waals surface area contributed by atoms with Crippen molar-refractivity contribution in [1.82, 2.24) is 25.1 Å². The Hall–Kier alpha value is -2.29. The summed E-state index contributed by atoms with van der Waals surface area (Å²) in [6, 6.07) is 3.26. The van der Waals surface area contributed by atoms with E-state index in [0.29, 0.717) is 10.9 Å². The molecule has 8 nitrogen and oxygen atoms in total. The maximum Gasteiger partial charge on any atom is 0.274 e. The van der Waals surface area contributed by atoms with Gasteiger partial charge in [0.2, 0.25) is 11.9 Å². The first-order chi connectivity index (χ1) is 9.08. The van der Waals surface area contributed by atoms with E-state index in [0.717, 1.165) is 11.8 Å². The van der Waals surface area contributed by atoms with Crippen molar-refractivity contribution in [2.45, 2.75) is 5.16 Å². The zero-order valence-electron chi connectivity index (χ0n) is 10.1. The van der Waals surface area contributed by atoms with Crippen LogP contribution in [0.15, 0.2) is 23.5 Å². The number of hydrogen-bond acceptors (Lipinski definition) is 6. The van der Waals surface area contributed by atoms with Gasteiger partial charge in [-0.3, -0.25) is 19.5 Å². The second kappa shape index (κ2) is 5.57. The molecule has 100 valence electrons. The fourth-order valence-corrected chi connectivity index (χ4v) is 2.00. The molecule has 2 aromatic rings. The van der Waals surface area contributed by atoms with Gasteiger partial charge in [0.15, 0.2) is 5.16 Å². The average molecular weight is 280 g/mol. The molecule has 19 heavy (non-hydrogen) atoms. The molecule has 0 atom stereocenters. The zero-order valence-corrected chi connectivity index (χ0v) is 10.9. The van der Waals surface area contributed by atoms with Gasteiger partial charge >= 0.3 is 0 Å². The van der Waals surface area contributed by atoms with E-state index in [-0.39, 0.29) is 11.7 Å². The molecule has 0 bridgehead atoms. The summed E-state index contributed by atoms with van der Waals surface area (Å²) >= 11 is 1.15. The van der Waals surface area contributed by atoms with E-state index in [2.05, 4.69) is 20.5 Å². The normalized spacial score (nSPS) is 10.4. The van der Waals surface area contributed by atoms with Gasteiger partial charge in [-0.05, 0) is 12.1 Å². The molecule has 0 aliphatic rings. The molecule has 2 amide bonds. The highest BCUT2D eigenvalue weighted by Crippen LogP contribution is 2.15. The number of nitrogens with zero attached hydrogens (tertiary/aromatic N) is 3. The molecule has 0 saturated heterocycles. The van der Waals surface area contributed by atoms with Crippen LogP contribution < -0.4 is 11.1 Å². The van der Waals surface area contributed by atoms with Crippen LogP contribution in [0.5, 0.6) is 0 Å². The lowest BCUT2D eigenvalue weighted by atomic mass is 10.4. The first kappa shape index (κ1) is 13.1. The Bertz CT molecular complexity index is 591. The predicted octanol–water partition coefficient (Wildman–Crippen LogP) is -0.226. The third-order valence-electron chi connectivity index (χ3n) is 2.30. The number of carbonyl (C=O) groups is 2. The predicted molar refractivity (Wildman–Crippen MR) is 69.4 cm³/mol. The second-order valence-electron chi connectivity index (χ2n) is 3.65. The van der Waals surface area contributed by atoms with Crippen LogP contribution in [0.25, 0.3) is 0 Å². The molecule has 0 aliphatic carbocycles. The van der Waals surface area contributed by atoms with Crippen LogP contribution in [0, 0.1) is 0 Å². The molecule has 2 rings (SSSR count). The maximum atomic E-state index is 11.6. The largest absolute Gasteiger partial charge is 0.368 e. The molecule has 2 heterocycles. The lowest BCUT2D eigenvalue weighted by molar-refractivity contribution is -0.117. The van der Waals surface area contributed by atoms with E-state index in [1.54, 1.807) is 29.9 Å². The minimum absolute atomic E-state index is 0.0540. The first-order valence-electron chi connectivity index (χ1n) is 5.33. The monoisotopic (exact) mass is 280 g/mol. The molecule has 0 radical (unpaired) electrons. The Balaban J connectivity index is 1.85. The number of aromatic nitrogens is 4. The summed E-state index contributed by atoms with van der Waals surface area (Å²) in [6.07, 6.45) is 1.61. The van der Waals surface area contributed by atoms with Gasteiger partial charge in [-0.25, -0.2) is 0 Å². The Morgan fingerprint density at radius 1 is 1.53 bits per heavy atom.